The SMILES string of the molecule is C[C@@H]1CN(C(=O)c2c[nH]c(=O)c(Br)c2)C[C@@H](C)N1. The second-order valence-electron chi connectivity index (χ2n) is 4.74. The first-order valence-corrected chi connectivity index (χ1v) is 6.70. The van der Waals surface area contributed by atoms with Gasteiger partial charge in [0.25, 0.3) is 11.5 Å². The molecule has 2 atom stereocenters. The molecule has 1 aromatic rings. The van der Waals surface area contributed by atoms with Gasteiger partial charge in [-0.05, 0) is 35.8 Å². The van der Waals surface area contributed by atoms with Crippen LogP contribution in [0, 0.1) is 0 Å². The summed E-state index contributed by atoms with van der Waals surface area (Å²) in [5.41, 5.74) is 0.274. The molecule has 6 heteroatoms. The fourth-order valence-electron chi connectivity index (χ4n) is 2.25. The Hall–Kier alpha value is -1.14. The lowest BCUT2D eigenvalue weighted by Crippen LogP contribution is -2.55. The van der Waals surface area contributed by atoms with Gasteiger partial charge in [-0.25, -0.2) is 0 Å². The monoisotopic (exact) mass is 313 g/mol. The topological polar surface area (TPSA) is 65.2 Å². The van der Waals surface area contributed by atoms with Crippen LogP contribution in [0.1, 0.15) is 24.2 Å². The van der Waals surface area contributed by atoms with Crippen molar-refractivity contribution >= 4 is 21.8 Å². The number of carbonyl (C=O) groups excluding carboxylic acids is 1. The third-order valence-corrected chi connectivity index (χ3v) is 3.54. The third kappa shape index (κ3) is 2.81. The number of aromatic nitrogens is 1. The van der Waals surface area contributed by atoms with Crippen molar-refractivity contribution in [2.24, 2.45) is 0 Å². The van der Waals surface area contributed by atoms with Crippen LogP contribution in [0.5, 0.6) is 0 Å². The van der Waals surface area contributed by atoms with Crippen molar-refractivity contribution < 1.29 is 4.79 Å². The first kappa shape index (κ1) is 13.3. The van der Waals surface area contributed by atoms with Gasteiger partial charge in [0.05, 0.1) is 10.0 Å². The summed E-state index contributed by atoms with van der Waals surface area (Å²) in [5, 5.41) is 3.38. The minimum Gasteiger partial charge on any atom is -0.335 e. The first-order chi connectivity index (χ1) is 8.47. The van der Waals surface area contributed by atoms with Crippen LogP contribution < -0.4 is 10.9 Å². The minimum absolute atomic E-state index is 0.0489. The summed E-state index contributed by atoms with van der Waals surface area (Å²) in [6.07, 6.45) is 1.47. The molecule has 0 bridgehead atoms. The Balaban J connectivity index is 2.20. The number of hydrogen-bond acceptors (Lipinski definition) is 3. The van der Waals surface area contributed by atoms with Gasteiger partial charge in [-0.1, -0.05) is 0 Å². The number of piperazine rings is 1. The normalized spacial score (nSPS) is 24.1. The molecule has 2 heterocycles. The van der Waals surface area contributed by atoms with E-state index in [1.54, 1.807) is 6.07 Å². The van der Waals surface area contributed by atoms with Crippen LogP contribution in [0.15, 0.2) is 21.5 Å². The van der Waals surface area contributed by atoms with Crippen molar-refractivity contribution in [1.29, 1.82) is 0 Å². The molecule has 1 fully saturated rings. The number of nitrogens with one attached hydrogen (secondary N) is 2. The summed E-state index contributed by atoms with van der Waals surface area (Å²) in [5.74, 6) is -0.0489. The molecule has 0 unspecified atom stereocenters. The van der Waals surface area contributed by atoms with Gasteiger partial charge in [-0.2, -0.15) is 0 Å². The van der Waals surface area contributed by atoms with Gasteiger partial charge in [0.2, 0.25) is 0 Å². The van der Waals surface area contributed by atoms with Crippen molar-refractivity contribution in [3.8, 4) is 0 Å². The molecule has 0 aromatic carbocycles. The zero-order valence-corrected chi connectivity index (χ0v) is 12.0. The van der Waals surface area contributed by atoms with Crippen LogP contribution in [0.3, 0.4) is 0 Å². The van der Waals surface area contributed by atoms with Gasteiger partial charge >= 0.3 is 0 Å². The van der Waals surface area contributed by atoms with E-state index >= 15 is 0 Å². The van der Waals surface area contributed by atoms with E-state index in [1.807, 2.05) is 4.90 Å². The Labute approximate surface area is 114 Å². The van der Waals surface area contributed by atoms with Crippen molar-refractivity contribution in [2.75, 3.05) is 13.1 Å². The predicted molar refractivity (Wildman–Crippen MR) is 72.7 cm³/mol. The highest BCUT2D eigenvalue weighted by Gasteiger charge is 2.25. The number of carbonyl (C=O) groups is 1. The fraction of sp³-hybridized carbons (Fsp3) is 0.500. The maximum Gasteiger partial charge on any atom is 0.262 e. The van der Waals surface area contributed by atoms with Crippen LogP contribution in [-0.2, 0) is 0 Å². The van der Waals surface area contributed by atoms with Crippen molar-refractivity contribution in [3.05, 3.63) is 32.7 Å². The number of halogens is 1. The number of H-pyrrole nitrogens is 1. The summed E-state index contributed by atoms with van der Waals surface area (Å²) >= 11 is 3.14. The van der Waals surface area contributed by atoms with Gasteiger partial charge in [0.15, 0.2) is 0 Å². The standard InChI is InChI=1S/C12H16BrN3O2/c1-7-5-16(6-8(2)15-7)12(18)9-3-10(13)11(17)14-4-9/h3-4,7-8,15H,5-6H2,1-2H3,(H,14,17)/t7-,8-/m1/s1. The smallest absolute Gasteiger partial charge is 0.262 e. The molecule has 0 radical (unpaired) electrons. The molecule has 98 valence electrons. The Bertz CT molecular complexity index is 504. The largest absolute Gasteiger partial charge is 0.335 e. The summed E-state index contributed by atoms with van der Waals surface area (Å²) < 4.78 is 0.379. The lowest BCUT2D eigenvalue weighted by atomic mass is 10.1. The van der Waals surface area contributed by atoms with Crippen LogP contribution in [-0.4, -0.2) is 41.0 Å². The highest BCUT2D eigenvalue weighted by molar-refractivity contribution is 9.10. The summed E-state index contributed by atoms with van der Waals surface area (Å²) in [6, 6.07) is 2.13. The zero-order valence-electron chi connectivity index (χ0n) is 10.4. The molecule has 18 heavy (non-hydrogen) atoms. The van der Waals surface area contributed by atoms with E-state index in [-0.39, 0.29) is 23.6 Å². The van der Waals surface area contributed by atoms with Crippen molar-refractivity contribution in [3.63, 3.8) is 0 Å². The molecule has 0 saturated carbocycles. The highest BCUT2D eigenvalue weighted by atomic mass is 79.9. The van der Waals surface area contributed by atoms with E-state index in [1.165, 1.54) is 6.20 Å². The average Bonchev–Trinajstić information content (AvgIpc) is 2.30. The van der Waals surface area contributed by atoms with Gasteiger partial charge in [-0.15, -0.1) is 0 Å². The van der Waals surface area contributed by atoms with Crippen molar-refractivity contribution in [1.82, 2.24) is 15.2 Å². The molecule has 2 rings (SSSR count). The van der Waals surface area contributed by atoms with Crippen molar-refractivity contribution in [2.45, 2.75) is 25.9 Å². The second-order valence-corrected chi connectivity index (χ2v) is 5.60. The number of aromatic amines is 1. The lowest BCUT2D eigenvalue weighted by Gasteiger charge is -2.36. The average molecular weight is 314 g/mol. The highest BCUT2D eigenvalue weighted by Crippen LogP contribution is 2.11. The maximum absolute atomic E-state index is 12.3. The van der Waals surface area contributed by atoms with E-state index in [4.69, 9.17) is 0 Å². The maximum atomic E-state index is 12.3. The summed E-state index contributed by atoms with van der Waals surface area (Å²) in [7, 11) is 0. The molecule has 1 saturated heterocycles. The second kappa shape index (κ2) is 5.24. The van der Waals surface area contributed by atoms with Crippen LogP contribution in [0.25, 0.3) is 0 Å². The quantitative estimate of drug-likeness (QED) is 0.811. The van der Waals surface area contributed by atoms with Crippen LogP contribution in [0.2, 0.25) is 0 Å². The summed E-state index contributed by atoms with van der Waals surface area (Å²) in [4.78, 5) is 27.9. The van der Waals surface area contributed by atoms with E-state index in [9.17, 15) is 9.59 Å². The molecule has 5 nitrogen and oxygen atoms in total. The Morgan fingerprint density at radius 2 is 2.00 bits per heavy atom. The number of nitrogens with zero attached hydrogens (tertiary/aromatic N) is 1. The predicted octanol–water partition coefficient (Wildman–Crippen LogP) is 0.960. The summed E-state index contributed by atoms with van der Waals surface area (Å²) in [6.45, 7) is 5.47. The van der Waals surface area contributed by atoms with E-state index < -0.39 is 0 Å². The molecular weight excluding hydrogens is 298 g/mol. The fourth-order valence-corrected chi connectivity index (χ4v) is 2.62. The Morgan fingerprint density at radius 3 is 2.56 bits per heavy atom. The Morgan fingerprint density at radius 1 is 1.39 bits per heavy atom. The van der Waals surface area contributed by atoms with Gasteiger partial charge in [0.1, 0.15) is 0 Å². The molecule has 0 spiro atoms. The first-order valence-electron chi connectivity index (χ1n) is 5.91. The molecule has 1 aromatic heterocycles. The van der Waals surface area contributed by atoms with Gasteiger partial charge in [0, 0.05) is 31.4 Å². The number of hydrogen-bond donors (Lipinski definition) is 2. The van der Waals surface area contributed by atoms with Gasteiger partial charge < -0.3 is 15.2 Å². The Kier molecular flexibility index (Phi) is 3.87. The molecule has 1 amide bonds. The minimum atomic E-state index is -0.228. The number of pyridine rings is 1. The molecule has 1 aliphatic rings. The van der Waals surface area contributed by atoms with E-state index in [2.05, 4.69) is 40.1 Å². The van der Waals surface area contributed by atoms with Crippen LogP contribution >= 0.6 is 15.9 Å². The zero-order chi connectivity index (χ0) is 13.3. The number of amides is 1. The van der Waals surface area contributed by atoms with E-state index in [0.717, 1.165) is 0 Å². The lowest BCUT2D eigenvalue weighted by molar-refractivity contribution is 0.0673. The third-order valence-electron chi connectivity index (χ3n) is 2.95. The molecular formula is C12H16BrN3O2. The molecule has 2 N–H and O–H groups in total. The number of rotatable bonds is 1. The van der Waals surface area contributed by atoms with Gasteiger partial charge in [-0.3, -0.25) is 9.59 Å². The molecule has 0 aliphatic carbocycles. The van der Waals surface area contributed by atoms with E-state index in [0.29, 0.717) is 23.1 Å². The van der Waals surface area contributed by atoms with Crippen LogP contribution in [0.4, 0.5) is 0 Å². The molecule has 1 aliphatic heterocycles.